The summed E-state index contributed by atoms with van der Waals surface area (Å²) in [7, 11) is 4.27. The van der Waals surface area contributed by atoms with Crippen LogP contribution in [0.15, 0.2) is 12.4 Å². The lowest BCUT2D eigenvalue weighted by Gasteiger charge is -2.29. The number of nitrogens with zero attached hydrogens (tertiary/aromatic N) is 3. The summed E-state index contributed by atoms with van der Waals surface area (Å²) in [6, 6.07) is 0.344. The molecule has 102 valence electrons. The third kappa shape index (κ3) is 3.56. The van der Waals surface area contributed by atoms with E-state index < -0.39 is 0 Å². The maximum atomic E-state index is 4.38. The summed E-state index contributed by atoms with van der Waals surface area (Å²) < 4.78 is 2.09. The zero-order valence-electron chi connectivity index (χ0n) is 11.9. The SMILES string of the molecule is CC(NCCC1CCN(C)CC1)c1nccn1C. The van der Waals surface area contributed by atoms with Crippen LogP contribution < -0.4 is 5.32 Å². The lowest BCUT2D eigenvalue weighted by Crippen LogP contribution is -2.32. The van der Waals surface area contributed by atoms with Crippen LogP contribution in [-0.4, -0.2) is 41.1 Å². The third-order valence-electron chi connectivity index (χ3n) is 4.09. The lowest BCUT2D eigenvalue weighted by atomic mass is 9.94. The molecule has 1 aliphatic rings. The van der Waals surface area contributed by atoms with Crippen molar-refractivity contribution in [2.45, 2.75) is 32.2 Å². The third-order valence-corrected chi connectivity index (χ3v) is 4.09. The highest BCUT2D eigenvalue weighted by atomic mass is 15.1. The predicted octanol–water partition coefficient (Wildman–Crippen LogP) is 1.80. The zero-order valence-corrected chi connectivity index (χ0v) is 11.9. The molecule has 1 aromatic rings. The molecule has 18 heavy (non-hydrogen) atoms. The van der Waals surface area contributed by atoms with E-state index >= 15 is 0 Å². The summed E-state index contributed by atoms with van der Waals surface area (Å²) in [5.74, 6) is 2.03. The van der Waals surface area contributed by atoms with Gasteiger partial charge >= 0.3 is 0 Å². The Morgan fingerprint density at radius 1 is 1.39 bits per heavy atom. The molecule has 0 saturated carbocycles. The molecule has 4 heteroatoms. The van der Waals surface area contributed by atoms with Crippen molar-refractivity contribution in [1.82, 2.24) is 19.8 Å². The molecule has 0 amide bonds. The molecule has 4 nitrogen and oxygen atoms in total. The summed E-state index contributed by atoms with van der Waals surface area (Å²) in [6.07, 6.45) is 7.88. The second-order valence-corrected chi connectivity index (χ2v) is 5.61. The maximum Gasteiger partial charge on any atom is 0.125 e. The van der Waals surface area contributed by atoms with Crippen LogP contribution in [-0.2, 0) is 7.05 Å². The number of imidazole rings is 1. The molecule has 1 fully saturated rings. The van der Waals surface area contributed by atoms with Crippen LogP contribution in [0.2, 0.25) is 0 Å². The van der Waals surface area contributed by atoms with Gasteiger partial charge in [-0.3, -0.25) is 0 Å². The smallest absolute Gasteiger partial charge is 0.125 e. The van der Waals surface area contributed by atoms with Gasteiger partial charge in [0.05, 0.1) is 6.04 Å². The Balaban J connectivity index is 1.68. The van der Waals surface area contributed by atoms with Crippen LogP contribution in [0.3, 0.4) is 0 Å². The highest BCUT2D eigenvalue weighted by Gasteiger charge is 2.17. The van der Waals surface area contributed by atoms with Crippen LogP contribution in [0.4, 0.5) is 0 Å². The average molecular weight is 250 g/mol. The molecular weight excluding hydrogens is 224 g/mol. The first-order valence-corrected chi connectivity index (χ1v) is 7.06. The number of aromatic nitrogens is 2. The van der Waals surface area contributed by atoms with Crippen LogP contribution in [0, 0.1) is 5.92 Å². The monoisotopic (exact) mass is 250 g/mol. The highest BCUT2D eigenvalue weighted by Crippen LogP contribution is 2.19. The summed E-state index contributed by atoms with van der Waals surface area (Å²) in [4.78, 5) is 6.82. The molecule has 1 aromatic heterocycles. The zero-order chi connectivity index (χ0) is 13.0. The normalized spacial score (nSPS) is 20.2. The van der Waals surface area contributed by atoms with E-state index in [9.17, 15) is 0 Å². The average Bonchev–Trinajstić information content (AvgIpc) is 2.78. The van der Waals surface area contributed by atoms with Crippen molar-refractivity contribution >= 4 is 0 Å². The summed E-state index contributed by atoms with van der Waals surface area (Å²) >= 11 is 0. The van der Waals surface area contributed by atoms with Crippen LogP contribution in [0.25, 0.3) is 0 Å². The minimum atomic E-state index is 0.344. The van der Waals surface area contributed by atoms with Gasteiger partial charge in [-0.1, -0.05) is 0 Å². The number of hydrogen-bond donors (Lipinski definition) is 1. The Hall–Kier alpha value is -0.870. The number of nitrogens with one attached hydrogen (secondary N) is 1. The lowest BCUT2D eigenvalue weighted by molar-refractivity contribution is 0.210. The quantitative estimate of drug-likeness (QED) is 0.865. The van der Waals surface area contributed by atoms with Gasteiger partial charge in [0.2, 0.25) is 0 Å². The maximum absolute atomic E-state index is 4.38. The largest absolute Gasteiger partial charge is 0.337 e. The number of likely N-dealkylation sites (tertiary alicyclic amines) is 1. The standard InChI is InChI=1S/C14H26N4/c1-12(14-16-8-11-18(14)3)15-7-4-13-5-9-17(2)10-6-13/h8,11-13,15H,4-7,9-10H2,1-3H3. The minimum Gasteiger partial charge on any atom is -0.337 e. The van der Waals surface area contributed by atoms with Crippen molar-refractivity contribution in [3.8, 4) is 0 Å². The molecular formula is C14H26N4. The van der Waals surface area contributed by atoms with Gasteiger partial charge in [-0.05, 0) is 58.8 Å². The first kappa shape index (κ1) is 13.6. The summed E-state index contributed by atoms with van der Waals surface area (Å²) in [5, 5.41) is 3.59. The Bertz CT molecular complexity index is 352. The van der Waals surface area contributed by atoms with E-state index in [0.29, 0.717) is 6.04 Å². The van der Waals surface area contributed by atoms with Gasteiger partial charge in [-0.25, -0.2) is 4.98 Å². The molecule has 0 radical (unpaired) electrons. The van der Waals surface area contributed by atoms with Gasteiger partial charge in [0, 0.05) is 19.4 Å². The van der Waals surface area contributed by atoms with Crippen molar-refractivity contribution in [2.75, 3.05) is 26.7 Å². The molecule has 1 saturated heterocycles. The molecule has 1 N–H and O–H groups in total. The number of piperidine rings is 1. The predicted molar refractivity (Wildman–Crippen MR) is 74.5 cm³/mol. The number of rotatable bonds is 5. The number of aryl methyl sites for hydroxylation is 1. The fraction of sp³-hybridized carbons (Fsp3) is 0.786. The van der Waals surface area contributed by atoms with Crippen LogP contribution in [0.5, 0.6) is 0 Å². The van der Waals surface area contributed by atoms with E-state index in [2.05, 4.69) is 40.8 Å². The first-order chi connectivity index (χ1) is 8.66. The molecule has 2 rings (SSSR count). The van der Waals surface area contributed by atoms with Gasteiger partial charge in [0.1, 0.15) is 5.82 Å². The van der Waals surface area contributed by atoms with E-state index in [1.54, 1.807) is 0 Å². The molecule has 0 aromatic carbocycles. The Morgan fingerprint density at radius 3 is 2.72 bits per heavy atom. The van der Waals surface area contributed by atoms with Crippen molar-refractivity contribution in [3.63, 3.8) is 0 Å². The molecule has 0 bridgehead atoms. The van der Waals surface area contributed by atoms with Gasteiger partial charge in [-0.15, -0.1) is 0 Å². The Labute approximate surface area is 110 Å². The molecule has 0 aliphatic carbocycles. The Morgan fingerprint density at radius 2 is 2.11 bits per heavy atom. The van der Waals surface area contributed by atoms with Crippen LogP contribution in [0.1, 0.15) is 38.1 Å². The molecule has 1 atom stereocenters. The van der Waals surface area contributed by atoms with Crippen molar-refractivity contribution < 1.29 is 0 Å². The van der Waals surface area contributed by atoms with Gasteiger partial charge in [0.25, 0.3) is 0 Å². The molecule has 0 spiro atoms. The second-order valence-electron chi connectivity index (χ2n) is 5.61. The van der Waals surface area contributed by atoms with Gasteiger partial charge in [-0.2, -0.15) is 0 Å². The van der Waals surface area contributed by atoms with Crippen molar-refractivity contribution in [3.05, 3.63) is 18.2 Å². The number of hydrogen-bond acceptors (Lipinski definition) is 3. The molecule has 1 aliphatic heterocycles. The molecule has 2 heterocycles. The van der Waals surface area contributed by atoms with E-state index in [1.807, 2.05) is 12.4 Å². The fourth-order valence-electron chi connectivity index (χ4n) is 2.74. The van der Waals surface area contributed by atoms with E-state index in [1.165, 1.54) is 32.4 Å². The van der Waals surface area contributed by atoms with Crippen LogP contribution >= 0.6 is 0 Å². The summed E-state index contributed by atoms with van der Waals surface area (Å²) in [6.45, 7) is 5.82. The summed E-state index contributed by atoms with van der Waals surface area (Å²) in [5.41, 5.74) is 0. The van der Waals surface area contributed by atoms with Gasteiger partial charge in [0.15, 0.2) is 0 Å². The van der Waals surface area contributed by atoms with Gasteiger partial charge < -0.3 is 14.8 Å². The Kier molecular flexibility index (Phi) is 4.78. The molecule has 1 unspecified atom stereocenters. The van der Waals surface area contributed by atoms with Crippen molar-refractivity contribution in [2.24, 2.45) is 13.0 Å². The second kappa shape index (κ2) is 6.34. The van der Waals surface area contributed by atoms with E-state index in [0.717, 1.165) is 18.3 Å². The fourth-order valence-corrected chi connectivity index (χ4v) is 2.74. The van der Waals surface area contributed by atoms with Crippen molar-refractivity contribution in [1.29, 1.82) is 0 Å². The topological polar surface area (TPSA) is 33.1 Å². The van der Waals surface area contributed by atoms with E-state index in [4.69, 9.17) is 0 Å². The first-order valence-electron chi connectivity index (χ1n) is 7.06. The van der Waals surface area contributed by atoms with E-state index in [-0.39, 0.29) is 0 Å². The minimum absolute atomic E-state index is 0.344. The highest BCUT2D eigenvalue weighted by molar-refractivity contribution is 4.96.